The van der Waals surface area contributed by atoms with E-state index in [4.69, 9.17) is 0 Å². The van der Waals surface area contributed by atoms with Crippen LogP contribution in [0.15, 0.2) is 17.1 Å². The molecule has 12 heavy (non-hydrogen) atoms. The second-order valence-electron chi connectivity index (χ2n) is 4.27. The molecule has 1 heteroatoms. The largest absolute Gasteiger partial charge is 0.289 e. The summed E-state index contributed by atoms with van der Waals surface area (Å²) in [6, 6.07) is 0. The maximum Gasteiger partial charge on any atom is 0.0398 e. The van der Waals surface area contributed by atoms with E-state index in [0.717, 1.165) is 6.54 Å². The number of hydrogen-bond donors (Lipinski definition) is 0. The zero-order valence-electron chi connectivity index (χ0n) is 8.59. The van der Waals surface area contributed by atoms with Crippen molar-refractivity contribution in [2.45, 2.75) is 34.1 Å². The number of nitrogens with zero attached hydrogens (tertiary/aromatic N) is 1. The first-order valence-electron chi connectivity index (χ1n) is 4.75. The molecule has 1 unspecified atom stereocenters. The minimum Gasteiger partial charge on any atom is -0.289 e. The summed E-state index contributed by atoms with van der Waals surface area (Å²) >= 11 is 0. The molecule has 1 rings (SSSR count). The van der Waals surface area contributed by atoms with Crippen molar-refractivity contribution in [2.75, 3.05) is 6.54 Å². The van der Waals surface area contributed by atoms with Crippen molar-refractivity contribution in [2.24, 2.45) is 16.3 Å². The maximum atomic E-state index is 4.53. The first kappa shape index (κ1) is 9.50. The van der Waals surface area contributed by atoms with Gasteiger partial charge in [-0.3, -0.25) is 4.99 Å². The van der Waals surface area contributed by atoms with Crippen LogP contribution in [0.2, 0.25) is 0 Å². The van der Waals surface area contributed by atoms with Gasteiger partial charge in [0.2, 0.25) is 0 Å². The molecule has 1 nitrogen and oxygen atoms in total. The summed E-state index contributed by atoms with van der Waals surface area (Å²) in [5.41, 5.74) is 1.70. The van der Waals surface area contributed by atoms with E-state index in [1.165, 1.54) is 12.1 Å². The van der Waals surface area contributed by atoms with Crippen molar-refractivity contribution in [3.05, 3.63) is 12.2 Å². The van der Waals surface area contributed by atoms with Crippen LogP contribution in [-0.2, 0) is 0 Å². The lowest BCUT2D eigenvalue weighted by atomic mass is 9.73. The average molecular weight is 165 g/mol. The van der Waals surface area contributed by atoms with Crippen LogP contribution in [-0.4, -0.2) is 12.3 Å². The Labute approximate surface area is 75.6 Å². The normalized spacial score (nSPS) is 29.0. The highest BCUT2D eigenvalue weighted by Crippen LogP contribution is 2.34. The predicted octanol–water partition coefficient (Wildman–Crippen LogP) is 3.07. The van der Waals surface area contributed by atoms with Crippen LogP contribution in [0.4, 0.5) is 0 Å². The van der Waals surface area contributed by atoms with Crippen molar-refractivity contribution in [3.8, 4) is 0 Å². The average Bonchev–Trinajstić information content (AvgIpc) is 1.99. The minimum atomic E-state index is 0.427. The Balaban J connectivity index is 2.82. The van der Waals surface area contributed by atoms with Crippen LogP contribution in [0.5, 0.6) is 0 Å². The zero-order valence-corrected chi connectivity index (χ0v) is 8.59. The summed E-state index contributed by atoms with van der Waals surface area (Å²) in [6.07, 6.45) is 5.44. The van der Waals surface area contributed by atoms with E-state index in [0.29, 0.717) is 11.3 Å². The Bertz CT molecular complexity index is 211. The molecule has 0 spiro atoms. The third kappa shape index (κ3) is 1.77. The molecule has 1 aliphatic heterocycles. The lowest BCUT2D eigenvalue weighted by Crippen LogP contribution is -2.32. The Morgan fingerprint density at radius 3 is 2.75 bits per heavy atom. The molecule has 68 valence electrons. The molecule has 1 atom stereocenters. The van der Waals surface area contributed by atoms with Crippen LogP contribution in [0.25, 0.3) is 0 Å². The molecule has 0 aromatic heterocycles. The lowest BCUT2D eigenvalue weighted by Gasteiger charge is -2.35. The Hall–Kier alpha value is -0.590. The van der Waals surface area contributed by atoms with Crippen LogP contribution >= 0.6 is 0 Å². The molecule has 0 saturated carbocycles. The summed E-state index contributed by atoms with van der Waals surface area (Å²) in [5.74, 6) is 0.599. The van der Waals surface area contributed by atoms with Gasteiger partial charge in [-0.2, -0.15) is 0 Å². The van der Waals surface area contributed by atoms with Crippen molar-refractivity contribution in [1.29, 1.82) is 0 Å². The number of hydrogen-bond acceptors (Lipinski definition) is 1. The van der Waals surface area contributed by atoms with Gasteiger partial charge in [0.25, 0.3) is 0 Å². The SMILES string of the molecule is C/C=C\C1=NCCC(C)(C)C1C. The predicted molar refractivity (Wildman–Crippen MR) is 54.7 cm³/mol. The summed E-state index contributed by atoms with van der Waals surface area (Å²) < 4.78 is 0. The van der Waals surface area contributed by atoms with E-state index in [2.05, 4.69) is 44.8 Å². The second-order valence-corrected chi connectivity index (χ2v) is 4.27. The Kier molecular flexibility index (Phi) is 2.71. The van der Waals surface area contributed by atoms with Crippen molar-refractivity contribution in [3.63, 3.8) is 0 Å². The maximum absolute atomic E-state index is 4.53. The molecule has 0 N–H and O–H groups in total. The van der Waals surface area contributed by atoms with Crippen LogP contribution in [0.1, 0.15) is 34.1 Å². The smallest absolute Gasteiger partial charge is 0.0398 e. The molecule has 0 saturated heterocycles. The quantitative estimate of drug-likeness (QED) is 0.566. The van der Waals surface area contributed by atoms with Crippen molar-refractivity contribution >= 4 is 5.71 Å². The van der Waals surface area contributed by atoms with Crippen LogP contribution in [0.3, 0.4) is 0 Å². The molecule has 0 radical (unpaired) electrons. The minimum absolute atomic E-state index is 0.427. The molecular weight excluding hydrogens is 146 g/mol. The van der Waals surface area contributed by atoms with Crippen LogP contribution < -0.4 is 0 Å². The van der Waals surface area contributed by atoms with E-state index < -0.39 is 0 Å². The van der Waals surface area contributed by atoms with Gasteiger partial charge in [0.1, 0.15) is 0 Å². The zero-order chi connectivity index (χ0) is 9.19. The van der Waals surface area contributed by atoms with Gasteiger partial charge in [-0.15, -0.1) is 0 Å². The lowest BCUT2D eigenvalue weighted by molar-refractivity contribution is 0.263. The van der Waals surface area contributed by atoms with Gasteiger partial charge in [-0.05, 0) is 24.8 Å². The van der Waals surface area contributed by atoms with Crippen LogP contribution in [0, 0.1) is 11.3 Å². The first-order chi connectivity index (χ1) is 5.58. The van der Waals surface area contributed by atoms with Gasteiger partial charge < -0.3 is 0 Å². The fourth-order valence-corrected chi connectivity index (χ4v) is 1.59. The summed E-state index contributed by atoms with van der Waals surface area (Å²) in [5, 5.41) is 0. The van der Waals surface area contributed by atoms with E-state index in [1.807, 2.05) is 0 Å². The highest BCUT2D eigenvalue weighted by molar-refractivity contribution is 5.97. The number of aliphatic imine (C=N–C) groups is 1. The molecule has 0 fully saturated rings. The summed E-state index contributed by atoms with van der Waals surface area (Å²) in [7, 11) is 0. The molecule has 0 aromatic carbocycles. The van der Waals surface area contributed by atoms with Gasteiger partial charge >= 0.3 is 0 Å². The van der Waals surface area contributed by atoms with Crippen molar-refractivity contribution < 1.29 is 0 Å². The van der Waals surface area contributed by atoms with Gasteiger partial charge in [0.15, 0.2) is 0 Å². The molecule has 1 aliphatic rings. The molecule has 0 aromatic rings. The fraction of sp³-hybridized carbons (Fsp3) is 0.727. The van der Waals surface area contributed by atoms with Gasteiger partial charge in [-0.25, -0.2) is 0 Å². The van der Waals surface area contributed by atoms with E-state index >= 15 is 0 Å². The number of allylic oxidation sites excluding steroid dienone is 2. The third-order valence-electron chi connectivity index (χ3n) is 3.00. The van der Waals surface area contributed by atoms with Crippen molar-refractivity contribution in [1.82, 2.24) is 0 Å². The molecule has 1 heterocycles. The number of rotatable bonds is 1. The molecule has 0 aliphatic carbocycles. The van der Waals surface area contributed by atoms with Gasteiger partial charge in [0.05, 0.1) is 0 Å². The van der Waals surface area contributed by atoms with E-state index in [-0.39, 0.29) is 0 Å². The highest BCUT2D eigenvalue weighted by Gasteiger charge is 2.30. The Morgan fingerprint density at radius 2 is 2.17 bits per heavy atom. The summed E-state index contributed by atoms with van der Waals surface area (Å²) in [6.45, 7) is 9.98. The molecule has 0 amide bonds. The van der Waals surface area contributed by atoms with Gasteiger partial charge in [-0.1, -0.05) is 26.8 Å². The molecular formula is C11H19N. The topological polar surface area (TPSA) is 12.4 Å². The monoisotopic (exact) mass is 165 g/mol. The second kappa shape index (κ2) is 3.42. The van der Waals surface area contributed by atoms with Gasteiger partial charge in [0, 0.05) is 18.2 Å². The third-order valence-corrected chi connectivity index (χ3v) is 3.00. The van der Waals surface area contributed by atoms with E-state index in [9.17, 15) is 0 Å². The summed E-state index contributed by atoms with van der Waals surface area (Å²) in [4.78, 5) is 4.53. The fourth-order valence-electron chi connectivity index (χ4n) is 1.59. The Morgan fingerprint density at radius 1 is 1.50 bits per heavy atom. The van der Waals surface area contributed by atoms with E-state index in [1.54, 1.807) is 0 Å². The standard InChI is InChI=1S/C11H19N/c1-5-6-10-9(2)11(3,4)7-8-12-10/h5-6,9H,7-8H2,1-4H3/b6-5-. The molecule has 0 bridgehead atoms. The highest BCUT2D eigenvalue weighted by atomic mass is 14.8. The first-order valence-corrected chi connectivity index (χ1v) is 4.75.